The van der Waals surface area contributed by atoms with Crippen LogP contribution in [0, 0.1) is 0 Å². The van der Waals surface area contributed by atoms with Crippen molar-refractivity contribution in [3.05, 3.63) is 29.3 Å². The fourth-order valence-corrected chi connectivity index (χ4v) is 2.31. The summed E-state index contributed by atoms with van der Waals surface area (Å²) in [4.78, 5) is 10.9. The SMILES string of the molecule is O=CC1=C(c2ccc3c(c2)OCO3)CCC1. The number of benzene rings is 1. The molecule has 1 aromatic carbocycles. The van der Waals surface area contributed by atoms with E-state index in [4.69, 9.17) is 9.47 Å². The quantitative estimate of drug-likeness (QED) is 0.713. The van der Waals surface area contributed by atoms with Crippen molar-refractivity contribution in [2.45, 2.75) is 19.3 Å². The lowest BCUT2D eigenvalue weighted by atomic mass is 10.0. The molecule has 3 nitrogen and oxygen atoms in total. The van der Waals surface area contributed by atoms with E-state index in [1.165, 1.54) is 0 Å². The number of carbonyl (C=O) groups excluding carboxylic acids is 1. The summed E-state index contributed by atoms with van der Waals surface area (Å²) < 4.78 is 10.6. The van der Waals surface area contributed by atoms with E-state index in [0.717, 1.165) is 53.8 Å². The topological polar surface area (TPSA) is 35.5 Å². The van der Waals surface area contributed by atoms with Crippen molar-refractivity contribution in [2.24, 2.45) is 0 Å². The van der Waals surface area contributed by atoms with Gasteiger partial charge in [-0.25, -0.2) is 0 Å². The summed E-state index contributed by atoms with van der Waals surface area (Å²) in [6, 6.07) is 5.87. The minimum absolute atomic E-state index is 0.290. The number of hydrogen-bond donors (Lipinski definition) is 0. The second-order valence-corrected chi connectivity index (χ2v) is 4.04. The summed E-state index contributed by atoms with van der Waals surface area (Å²) in [5.41, 5.74) is 3.18. The van der Waals surface area contributed by atoms with Crippen molar-refractivity contribution in [2.75, 3.05) is 6.79 Å². The summed E-state index contributed by atoms with van der Waals surface area (Å²) >= 11 is 0. The molecule has 0 saturated heterocycles. The van der Waals surface area contributed by atoms with Gasteiger partial charge in [0.15, 0.2) is 11.5 Å². The average molecular weight is 216 g/mol. The number of aldehydes is 1. The molecule has 0 spiro atoms. The Morgan fingerprint density at radius 3 is 2.88 bits per heavy atom. The zero-order valence-corrected chi connectivity index (χ0v) is 8.86. The molecule has 0 amide bonds. The Hall–Kier alpha value is -1.77. The maximum Gasteiger partial charge on any atom is 0.231 e. The first-order valence-electron chi connectivity index (χ1n) is 5.46. The van der Waals surface area contributed by atoms with Crippen LogP contribution in [0.3, 0.4) is 0 Å². The Labute approximate surface area is 93.7 Å². The number of ether oxygens (including phenoxy) is 2. The highest BCUT2D eigenvalue weighted by Crippen LogP contribution is 2.38. The fourth-order valence-electron chi connectivity index (χ4n) is 2.31. The maximum absolute atomic E-state index is 10.9. The molecular weight excluding hydrogens is 204 g/mol. The summed E-state index contributed by atoms with van der Waals surface area (Å²) in [7, 11) is 0. The molecule has 0 bridgehead atoms. The van der Waals surface area contributed by atoms with Crippen LogP contribution in [0.15, 0.2) is 23.8 Å². The summed E-state index contributed by atoms with van der Waals surface area (Å²) in [5.74, 6) is 1.57. The minimum atomic E-state index is 0.290. The van der Waals surface area contributed by atoms with Gasteiger partial charge in [0.1, 0.15) is 6.29 Å². The molecule has 0 aromatic heterocycles. The van der Waals surface area contributed by atoms with Gasteiger partial charge in [-0.1, -0.05) is 6.07 Å². The predicted molar refractivity (Wildman–Crippen MR) is 59.4 cm³/mol. The van der Waals surface area contributed by atoms with Gasteiger partial charge < -0.3 is 9.47 Å². The van der Waals surface area contributed by atoms with Crippen LogP contribution in [-0.4, -0.2) is 13.1 Å². The zero-order valence-electron chi connectivity index (χ0n) is 8.86. The largest absolute Gasteiger partial charge is 0.454 e. The van der Waals surface area contributed by atoms with Gasteiger partial charge in [0.05, 0.1) is 0 Å². The molecule has 3 rings (SSSR count). The van der Waals surface area contributed by atoms with Crippen molar-refractivity contribution < 1.29 is 14.3 Å². The number of hydrogen-bond acceptors (Lipinski definition) is 3. The Bertz CT molecular complexity index is 474. The van der Waals surface area contributed by atoms with Gasteiger partial charge in [-0.3, -0.25) is 4.79 Å². The first-order valence-corrected chi connectivity index (χ1v) is 5.46. The van der Waals surface area contributed by atoms with E-state index in [2.05, 4.69) is 0 Å². The normalized spacial score (nSPS) is 18.0. The number of allylic oxidation sites excluding steroid dienone is 2. The third-order valence-corrected chi connectivity index (χ3v) is 3.12. The third kappa shape index (κ3) is 1.40. The van der Waals surface area contributed by atoms with E-state index in [9.17, 15) is 4.79 Å². The second kappa shape index (κ2) is 3.67. The van der Waals surface area contributed by atoms with Gasteiger partial charge in [0.25, 0.3) is 0 Å². The molecule has 0 radical (unpaired) electrons. The lowest BCUT2D eigenvalue weighted by molar-refractivity contribution is -0.104. The zero-order chi connectivity index (χ0) is 11.0. The minimum Gasteiger partial charge on any atom is -0.454 e. The first-order chi connectivity index (χ1) is 7.88. The summed E-state index contributed by atoms with van der Waals surface area (Å²) in [5, 5.41) is 0. The maximum atomic E-state index is 10.9. The van der Waals surface area contributed by atoms with Crippen LogP contribution in [0.25, 0.3) is 5.57 Å². The van der Waals surface area contributed by atoms with Gasteiger partial charge in [0.2, 0.25) is 6.79 Å². The molecular formula is C13H12O3. The molecule has 0 N–H and O–H groups in total. The van der Waals surface area contributed by atoms with Crippen LogP contribution in [-0.2, 0) is 4.79 Å². The standard InChI is InChI=1S/C13H12O3/c14-7-10-2-1-3-11(10)9-4-5-12-13(6-9)16-8-15-12/h4-7H,1-3,8H2. The van der Waals surface area contributed by atoms with Crippen molar-refractivity contribution in [1.82, 2.24) is 0 Å². The molecule has 0 fully saturated rings. The first kappa shape index (κ1) is 9.46. The number of rotatable bonds is 2. The van der Waals surface area contributed by atoms with Gasteiger partial charge in [-0.2, -0.15) is 0 Å². The van der Waals surface area contributed by atoms with Crippen LogP contribution in [0.2, 0.25) is 0 Å². The van der Waals surface area contributed by atoms with Crippen LogP contribution in [0.5, 0.6) is 11.5 Å². The lowest BCUT2D eigenvalue weighted by Crippen LogP contribution is -1.93. The van der Waals surface area contributed by atoms with Gasteiger partial charge in [0, 0.05) is 0 Å². The molecule has 82 valence electrons. The lowest BCUT2D eigenvalue weighted by Gasteiger charge is -2.04. The van der Waals surface area contributed by atoms with E-state index in [0.29, 0.717) is 6.79 Å². The Kier molecular flexibility index (Phi) is 2.17. The van der Waals surface area contributed by atoms with Gasteiger partial charge >= 0.3 is 0 Å². The number of carbonyl (C=O) groups is 1. The van der Waals surface area contributed by atoms with E-state index >= 15 is 0 Å². The van der Waals surface area contributed by atoms with Crippen molar-refractivity contribution in [1.29, 1.82) is 0 Å². The Morgan fingerprint density at radius 1 is 1.12 bits per heavy atom. The smallest absolute Gasteiger partial charge is 0.231 e. The highest BCUT2D eigenvalue weighted by atomic mass is 16.7. The van der Waals surface area contributed by atoms with E-state index in [-0.39, 0.29) is 0 Å². The monoisotopic (exact) mass is 216 g/mol. The molecule has 1 aliphatic heterocycles. The van der Waals surface area contributed by atoms with Crippen LogP contribution in [0.4, 0.5) is 0 Å². The van der Waals surface area contributed by atoms with Crippen LogP contribution < -0.4 is 9.47 Å². The van der Waals surface area contributed by atoms with E-state index in [1.807, 2.05) is 18.2 Å². The molecule has 0 atom stereocenters. The molecule has 1 aromatic rings. The van der Waals surface area contributed by atoms with Gasteiger partial charge in [-0.05, 0) is 48.1 Å². The molecule has 1 aliphatic carbocycles. The molecule has 3 heteroatoms. The van der Waals surface area contributed by atoms with Crippen molar-refractivity contribution in [3.63, 3.8) is 0 Å². The fraction of sp³-hybridized carbons (Fsp3) is 0.308. The van der Waals surface area contributed by atoms with E-state index < -0.39 is 0 Å². The molecule has 2 aliphatic rings. The summed E-state index contributed by atoms with van der Waals surface area (Å²) in [6.07, 6.45) is 3.92. The Balaban J connectivity index is 2.04. The highest BCUT2D eigenvalue weighted by molar-refractivity contribution is 5.90. The molecule has 1 heterocycles. The van der Waals surface area contributed by atoms with Gasteiger partial charge in [-0.15, -0.1) is 0 Å². The summed E-state index contributed by atoms with van der Waals surface area (Å²) in [6.45, 7) is 0.290. The second-order valence-electron chi connectivity index (χ2n) is 4.04. The van der Waals surface area contributed by atoms with Crippen LogP contribution >= 0.6 is 0 Å². The van der Waals surface area contributed by atoms with Crippen molar-refractivity contribution in [3.8, 4) is 11.5 Å². The van der Waals surface area contributed by atoms with Crippen LogP contribution in [0.1, 0.15) is 24.8 Å². The molecule has 0 saturated carbocycles. The van der Waals surface area contributed by atoms with Crippen molar-refractivity contribution >= 4 is 11.9 Å². The Morgan fingerprint density at radius 2 is 2.00 bits per heavy atom. The van der Waals surface area contributed by atoms with E-state index in [1.54, 1.807) is 0 Å². The third-order valence-electron chi connectivity index (χ3n) is 3.12. The number of fused-ring (bicyclic) bond motifs is 1. The average Bonchev–Trinajstić information content (AvgIpc) is 2.96. The highest BCUT2D eigenvalue weighted by Gasteiger charge is 2.19. The molecule has 0 unspecified atom stereocenters. The predicted octanol–water partition coefficient (Wildman–Crippen LogP) is 2.55. The molecule has 16 heavy (non-hydrogen) atoms.